The molecule has 0 saturated carbocycles. The van der Waals surface area contributed by atoms with Crippen LogP contribution >= 0.6 is 0 Å². The second kappa shape index (κ2) is 13.7. The lowest BCUT2D eigenvalue weighted by Gasteiger charge is -2.28. The number of nitrogens with one attached hydrogen (secondary N) is 3. The summed E-state index contributed by atoms with van der Waals surface area (Å²) in [6.07, 6.45) is 0.914. The molecular formula is C30H39N3O7S. The summed E-state index contributed by atoms with van der Waals surface area (Å²) in [4.78, 5) is 12.7. The molecule has 0 aliphatic rings. The number of β-amino-alcohol motifs (C(OH)–C–C–N with tert-alkyl or cyclic N) is 1. The van der Waals surface area contributed by atoms with E-state index in [-0.39, 0.29) is 30.3 Å². The second-order valence-electron chi connectivity index (χ2n) is 10.6. The number of carbonyl (C=O) groups excluding carboxylic acids is 1. The third-order valence-electron chi connectivity index (χ3n) is 6.38. The Labute approximate surface area is 241 Å². The molecule has 0 saturated heterocycles. The van der Waals surface area contributed by atoms with Crippen LogP contribution in [-0.2, 0) is 34.2 Å². The number of sulfonamides is 1. The van der Waals surface area contributed by atoms with Crippen molar-refractivity contribution in [1.29, 1.82) is 0 Å². The molecular weight excluding hydrogens is 546 g/mol. The first-order valence-electron chi connectivity index (χ1n) is 13.1. The van der Waals surface area contributed by atoms with Gasteiger partial charge in [0.2, 0.25) is 15.9 Å². The van der Waals surface area contributed by atoms with Gasteiger partial charge in [0.15, 0.2) is 0 Å². The SMILES string of the molecule is COc1cc(CNC(=O)Cc2cccc(CC(C)(C)NC[C@@H](O)c3ccc(O)c(NS(C)(=O)=O)c3)c2)cc(OC)c1. The molecule has 0 aromatic heterocycles. The fourth-order valence-corrected chi connectivity index (χ4v) is 4.94. The van der Waals surface area contributed by atoms with Gasteiger partial charge in [-0.25, -0.2) is 8.42 Å². The second-order valence-corrected chi connectivity index (χ2v) is 12.4. The zero-order valence-electron chi connectivity index (χ0n) is 24.0. The highest BCUT2D eigenvalue weighted by Crippen LogP contribution is 2.28. The van der Waals surface area contributed by atoms with Gasteiger partial charge in [-0.3, -0.25) is 9.52 Å². The molecule has 0 spiro atoms. The average Bonchev–Trinajstić information content (AvgIpc) is 2.90. The summed E-state index contributed by atoms with van der Waals surface area (Å²) in [5.74, 6) is 0.973. The van der Waals surface area contributed by atoms with Crippen LogP contribution in [0.15, 0.2) is 60.7 Å². The Bertz CT molecular complexity index is 1440. The van der Waals surface area contributed by atoms with E-state index in [1.165, 1.54) is 12.1 Å². The van der Waals surface area contributed by atoms with Crippen molar-refractivity contribution in [3.05, 3.63) is 82.9 Å². The molecule has 1 amide bonds. The highest BCUT2D eigenvalue weighted by atomic mass is 32.2. The first-order valence-corrected chi connectivity index (χ1v) is 15.0. The molecule has 41 heavy (non-hydrogen) atoms. The third kappa shape index (κ3) is 10.3. The van der Waals surface area contributed by atoms with Gasteiger partial charge in [0.25, 0.3) is 0 Å². The molecule has 0 fully saturated rings. The zero-order chi connectivity index (χ0) is 30.2. The van der Waals surface area contributed by atoms with Gasteiger partial charge in [-0.05, 0) is 66.8 Å². The molecule has 0 heterocycles. The maximum absolute atomic E-state index is 12.7. The molecule has 11 heteroatoms. The Morgan fingerprint density at radius 1 is 0.951 bits per heavy atom. The average molecular weight is 586 g/mol. The molecule has 0 aliphatic heterocycles. The van der Waals surface area contributed by atoms with Crippen LogP contribution in [0.4, 0.5) is 5.69 Å². The Kier molecular flexibility index (Phi) is 10.6. The number of rotatable bonds is 14. The van der Waals surface area contributed by atoms with Crippen LogP contribution in [0.3, 0.4) is 0 Å². The lowest BCUT2D eigenvalue weighted by molar-refractivity contribution is -0.120. The minimum Gasteiger partial charge on any atom is -0.506 e. The van der Waals surface area contributed by atoms with Crippen LogP contribution in [0.25, 0.3) is 0 Å². The number of hydrogen-bond acceptors (Lipinski definition) is 8. The standard InChI is InChI=1S/C30H39N3O7S/c1-30(2,32-19-28(35)23-9-10-27(34)26(15-23)33-41(5,37)38)17-21-8-6-7-20(11-21)14-29(36)31-18-22-12-24(39-3)16-25(13-22)40-4/h6-13,15-16,28,32-35H,14,17-19H2,1-5H3,(H,31,36)/t28-/m1/s1. The van der Waals surface area contributed by atoms with Crippen molar-refractivity contribution in [2.24, 2.45) is 0 Å². The number of aliphatic hydroxyl groups excluding tert-OH is 1. The van der Waals surface area contributed by atoms with Crippen molar-refractivity contribution >= 4 is 21.6 Å². The molecule has 0 unspecified atom stereocenters. The Morgan fingerprint density at radius 2 is 1.61 bits per heavy atom. The van der Waals surface area contributed by atoms with Crippen LogP contribution in [0.2, 0.25) is 0 Å². The fraction of sp³-hybridized carbons (Fsp3) is 0.367. The largest absolute Gasteiger partial charge is 0.506 e. The number of benzene rings is 3. The lowest BCUT2D eigenvalue weighted by Crippen LogP contribution is -2.43. The van der Waals surface area contributed by atoms with Gasteiger partial charge in [-0.15, -0.1) is 0 Å². The Hall–Kier alpha value is -3.80. The number of phenolic OH excluding ortho intramolecular Hbond substituents is 1. The smallest absolute Gasteiger partial charge is 0.229 e. The zero-order valence-corrected chi connectivity index (χ0v) is 24.8. The molecule has 222 valence electrons. The van der Waals surface area contributed by atoms with E-state index in [1.807, 2.05) is 50.2 Å². The minimum absolute atomic E-state index is 0.00684. The van der Waals surface area contributed by atoms with Crippen LogP contribution in [0.1, 0.15) is 42.2 Å². The quantitative estimate of drug-likeness (QED) is 0.181. The van der Waals surface area contributed by atoms with Crippen molar-refractivity contribution in [2.45, 2.75) is 44.9 Å². The van der Waals surface area contributed by atoms with Crippen molar-refractivity contribution in [1.82, 2.24) is 10.6 Å². The number of aromatic hydroxyl groups is 1. The number of carbonyl (C=O) groups is 1. The van der Waals surface area contributed by atoms with E-state index >= 15 is 0 Å². The van der Waals surface area contributed by atoms with Crippen LogP contribution < -0.4 is 24.8 Å². The number of aliphatic hydroxyl groups is 1. The van der Waals surface area contributed by atoms with Crippen LogP contribution in [0, 0.1) is 0 Å². The van der Waals surface area contributed by atoms with Gasteiger partial charge in [-0.2, -0.15) is 0 Å². The highest BCUT2D eigenvalue weighted by Gasteiger charge is 2.21. The van der Waals surface area contributed by atoms with E-state index in [0.717, 1.165) is 22.9 Å². The minimum atomic E-state index is -3.59. The van der Waals surface area contributed by atoms with Gasteiger partial charge >= 0.3 is 0 Å². The lowest BCUT2D eigenvalue weighted by atomic mass is 9.93. The van der Waals surface area contributed by atoms with Crippen LogP contribution in [0.5, 0.6) is 17.2 Å². The Morgan fingerprint density at radius 3 is 2.24 bits per heavy atom. The van der Waals surface area contributed by atoms with Gasteiger partial charge in [0.1, 0.15) is 17.2 Å². The van der Waals surface area contributed by atoms with Gasteiger partial charge in [-0.1, -0.05) is 30.3 Å². The van der Waals surface area contributed by atoms with Gasteiger partial charge in [0, 0.05) is 24.7 Å². The predicted octanol–water partition coefficient (Wildman–Crippen LogP) is 3.28. The number of hydrogen-bond donors (Lipinski definition) is 5. The summed E-state index contributed by atoms with van der Waals surface area (Å²) >= 11 is 0. The normalized spacial score (nSPS) is 12.4. The first-order chi connectivity index (χ1) is 19.3. The maximum atomic E-state index is 12.7. The highest BCUT2D eigenvalue weighted by molar-refractivity contribution is 7.92. The molecule has 3 rings (SSSR count). The van der Waals surface area contributed by atoms with E-state index in [0.29, 0.717) is 30.0 Å². The van der Waals surface area contributed by atoms with E-state index in [9.17, 15) is 23.4 Å². The molecule has 1 atom stereocenters. The van der Waals surface area contributed by atoms with E-state index in [4.69, 9.17) is 9.47 Å². The summed E-state index contributed by atoms with van der Waals surface area (Å²) in [5, 5.41) is 27.0. The number of anilines is 1. The third-order valence-corrected chi connectivity index (χ3v) is 6.97. The topological polar surface area (TPSA) is 146 Å². The van der Waals surface area contributed by atoms with Gasteiger partial charge < -0.3 is 30.3 Å². The number of amides is 1. The van der Waals surface area contributed by atoms with Crippen molar-refractivity contribution in [2.75, 3.05) is 31.7 Å². The fourth-order valence-electron chi connectivity index (χ4n) is 4.37. The maximum Gasteiger partial charge on any atom is 0.229 e. The monoisotopic (exact) mass is 585 g/mol. The van der Waals surface area contributed by atoms with E-state index in [1.54, 1.807) is 26.4 Å². The number of phenols is 1. The number of methoxy groups -OCH3 is 2. The summed E-state index contributed by atoms with van der Waals surface area (Å²) in [5.41, 5.74) is 2.84. The van der Waals surface area contributed by atoms with E-state index in [2.05, 4.69) is 15.4 Å². The van der Waals surface area contributed by atoms with Crippen molar-refractivity contribution in [3.8, 4) is 17.2 Å². The predicted molar refractivity (Wildman–Crippen MR) is 159 cm³/mol. The van der Waals surface area contributed by atoms with Crippen molar-refractivity contribution in [3.63, 3.8) is 0 Å². The molecule has 0 bridgehead atoms. The molecule has 0 radical (unpaired) electrons. The first kappa shape index (κ1) is 31.7. The van der Waals surface area contributed by atoms with E-state index < -0.39 is 21.7 Å². The molecule has 3 aromatic rings. The molecule has 3 aromatic carbocycles. The number of ether oxygens (including phenoxy) is 2. The summed E-state index contributed by atoms with van der Waals surface area (Å²) in [7, 11) is -0.428. The van der Waals surface area contributed by atoms with Gasteiger partial charge in [0.05, 0.1) is 38.7 Å². The summed E-state index contributed by atoms with van der Waals surface area (Å²) < 4.78 is 35.9. The Balaban J connectivity index is 1.56. The summed E-state index contributed by atoms with van der Waals surface area (Å²) in [6, 6.07) is 17.6. The molecule has 5 N–H and O–H groups in total. The van der Waals surface area contributed by atoms with Crippen molar-refractivity contribution < 1.29 is 32.9 Å². The van der Waals surface area contributed by atoms with Crippen LogP contribution in [-0.4, -0.2) is 57.1 Å². The summed E-state index contributed by atoms with van der Waals surface area (Å²) in [6.45, 7) is 4.56. The molecule has 10 nitrogen and oxygen atoms in total. The molecule has 0 aliphatic carbocycles.